The Hall–Kier alpha value is -1.56. The molecule has 0 saturated heterocycles. The summed E-state index contributed by atoms with van der Waals surface area (Å²) >= 11 is 0. The van der Waals surface area contributed by atoms with Crippen LogP contribution in [0.25, 0.3) is 0 Å². The van der Waals surface area contributed by atoms with Crippen molar-refractivity contribution in [2.75, 3.05) is 0 Å². The summed E-state index contributed by atoms with van der Waals surface area (Å²) in [7, 11) is 0. The van der Waals surface area contributed by atoms with Gasteiger partial charge in [-0.2, -0.15) is 0 Å². The van der Waals surface area contributed by atoms with Crippen molar-refractivity contribution in [3.63, 3.8) is 0 Å². The summed E-state index contributed by atoms with van der Waals surface area (Å²) in [6.07, 6.45) is 12.4. The molecule has 0 amide bonds. The average Bonchev–Trinajstić information content (AvgIpc) is 2.66. The standard InChI is InChI=1S/C26H36/c1-4-5-6-7-12-23-15-17-26(18-16-23,24-13-8-10-21(2)19-24)25-14-9-11-22(3)20-25/h8-11,13-14,19-20,23H,4-7,12,15-18H2,1-3H3. The van der Waals surface area contributed by atoms with Gasteiger partial charge in [0.15, 0.2) is 0 Å². The maximum absolute atomic E-state index is 2.43. The molecule has 0 nitrogen and oxygen atoms in total. The van der Waals surface area contributed by atoms with Gasteiger partial charge in [-0.25, -0.2) is 0 Å². The lowest BCUT2D eigenvalue weighted by atomic mass is 9.62. The summed E-state index contributed by atoms with van der Waals surface area (Å²) in [4.78, 5) is 0. The fraction of sp³-hybridized carbons (Fsp3) is 0.538. The van der Waals surface area contributed by atoms with Crippen molar-refractivity contribution in [1.29, 1.82) is 0 Å². The zero-order valence-electron chi connectivity index (χ0n) is 17.1. The molecule has 0 unspecified atom stereocenters. The van der Waals surface area contributed by atoms with Gasteiger partial charge in [-0.05, 0) is 56.6 Å². The summed E-state index contributed by atoms with van der Waals surface area (Å²) < 4.78 is 0. The number of aryl methyl sites for hydroxylation is 2. The second kappa shape index (κ2) is 8.89. The first-order valence-corrected chi connectivity index (χ1v) is 10.8. The quantitative estimate of drug-likeness (QED) is 0.449. The second-order valence-electron chi connectivity index (χ2n) is 8.61. The van der Waals surface area contributed by atoms with E-state index >= 15 is 0 Å². The maximum Gasteiger partial charge on any atom is 0.0203 e. The van der Waals surface area contributed by atoms with Crippen LogP contribution in [0, 0.1) is 19.8 Å². The molecule has 2 aromatic carbocycles. The van der Waals surface area contributed by atoms with E-state index < -0.39 is 0 Å². The minimum atomic E-state index is 0.220. The van der Waals surface area contributed by atoms with E-state index in [2.05, 4.69) is 69.3 Å². The number of hydrogen-bond acceptors (Lipinski definition) is 0. The van der Waals surface area contributed by atoms with Crippen LogP contribution in [0.3, 0.4) is 0 Å². The molecule has 0 aliphatic heterocycles. The van der Waals surface area contributed by atoms with E-state index in [1.165, 1.54) is 80.0 Å². The number of hydrogen-bond donors (Lipinski definition) is 0. The van der Waals surface area contributed by atoms with Gasteiger partial charge >= 0.3 is 0 Å². The van der Waals surface area contributed by atoms with Gasteiger partial charge in [-0.1, -0.05) is 98.7 Å². The molecule has 0 atom stereocenters. The summed E-state index contributed by atoms with van der Waals surface area (Å²) in [5.74, 6) is 0.939. The molecule has 0 radical (unpaired) electrons. The fourth-order valence-electron chi connectivity index (χ4n) is 4.95. The average molecular weight is 349 g/mol. The second-order valence-corrected chi connectivity index (χ2v) is 8.61. The van der Waals surface area contributed by atoms with Gasteiger partial charge in [-0.3, -0.25) is 0 Å². The molecule has 3 rings (SSSR count). The molecule has 0 N–H and O–H groups in total. The van der Waals surface area contributed by atoms with Gasteiger partial charge in [-0.15, -0.1) is 0 Å². The Bertz CT molecular complexity index is 641. The van der Waals surface area contributed by atoms with Crippen molar-refractivity contribution in [1.82, 2.24) is 0 Å². The molecule has 1 saturated carbocycles. The van der Waals surface area contributed by atoms with Crippen LogP contribution in [0.2, 0.25) is 0 Å². The van der Waals surface area contributed by atoms with Gasteiger partial charge in [0, 0.05) is 5.41 Å². The Morgan fingerprint density at radius 1 is 0.808 bits per heavy atom. The molecular formula is C26H36. The number of unbranched alkanes of at least 4 members (excludes halogenated alkanes) is 3. The minimum Gasteiger partial charge on any atom is -0.0654 e. The Kier molecular flexibility index (Phi) is 6.57. The fourth-order valence-corrected chi connectivity index (χ4v) is 4.95. The first-order chi connectivity index (χ1) is 12.6. The van der Waals surface area contributed by atoms with Crippen molar-refractivity contribution < 1.29 is 0 Å². The molecule has 0 aromatic heterocycles. The Morgan fingerprint density at radius 3 is 1.88 bits per heavy atom. The topological polar surface area (TPSA) is 0 Å². The van der Waals surface area contributed by atoms with Crippen molar-refractivity contribution in [3.05, 3.63) is 70.8 Å². The summed E-state index contributed by atoms with van der Waals surface area (Å²) in [5, 5.41) is 0. The van der Waals surface area contributed by atoms with Gasteiger partial charge in [0.25, 0.3) is 0 Å². The predicted molar refractivity (Wildman–Crippen MR) is 114 cm³/mol. The maximum atomic E-state index is 2.43. The highest BCUT2D eigenvalue weighted by Crippen LogP contribution is 2.47. The molecule has 0 spiro atoms. The molecule has 140 valence electrons. The molecule has 1 aliphatic rings. The zero-order chi connectivity index (χ0) is 18.4. The Balaban J connectivity index is 1.81. The number of benzene rings is 2. The van der Waals surface area contributed by atoms with E-state index in [-0.39, 0.29) is 5.41 Å². The summed E-state index contributed by atoms with van der Waals surface area (Å²) in [5.41, 5.74) is 6.06. The highest BCUT2D eigenvalue weighted by Gasteiger charge is 2.38. The third-order valence-corrected chi connectivity index (χ3v) is 6.57. The lowest BCUT2D eigenvalue weighted by Crippen LogP contribution is -2.33. The molecule has 1 fully saturated rings. The lowest BCUT2D eigenvalue weighted by molar-refractivity contribution is 0.250. The smallest absolute Gasteiger partial charge is 0.0203 e. The molecule has 1 aliphatic carbocycles. The predicted octanol–water partition coefficient (Wildman–Crippen LogP) is 7.75. The van der Waals surface area contributed by atoms with Crippen molar-refractivity contribution in [3.8, 4) is 0 Å². The molecule has 0 heterocycles. The van der Waals surface area contributed by atoms with Crippen LogP contribution >= 0.6 is 0 Å². The largest absolute Gasteiger partial charge is 0.0654 e. The van der Waals surface area contributed by atoms with Crippen LogP contribution in [-0.2, 0) is 5.41 Å². The van der Waals surface area contributed by atoms with Crippen LogP contribution in [0.4, 0.5) is 0 Å². The van der Waals surface area contributed by atoms with Gasteiger partial charge in [0.05, 0.1) is 0 Å². The van der Waals surface area contributed by atoms with Crippen LogP contribution in [-0.4, -0.2) is 0 Å². The summed E-state index contributed by atoms with van der Waals surface area (Å²) in [6, 6.07) is 18.6. The van der Waals surface area contributed by atoms with Crippen LogP contribution in [0.1, 0.15) is 87.0 Å². The SMILES string of the molecule is CCCCCCC1CCC(c2cccc(C)c2)(c2cccc(C)c2)CC1. The van der Waals surface area contributed by atoms with Crippen molar-refractivity contribution >= 4 is 0 Å². The molecule has 0 heteroatoms. The van der Waals surface area contributed by atoms with E-state index in [4.69, 9.17) is 0 Å². The van der Waals surface area contributed by atoms with Crippen molar-refractivity contribution in [2.24, 2.45) is 5.92 Å². The third-order valence-electron chi connectivity index (χ3n) is 6.57. The molecule has 2 aromatic rings. The summed E-state index contributed by atoms with van der Waals surface area (Å²) in [6.45, 7) is 6.76. The Morgan fingerprint density at radius 2 is 1.38 bits per heavy atom. The van der Waals surface area contributed by atoms with E-state index in [9.17, 15) is 0 Å². The van der Waals surface area contributed by atoms with Gasteiger partial charge in [0.2, 0.25) is 0 Å². The lowest BCUT2D eigenvalue weighted by Gasteiger charge is -2.42. The Labute approximate surface area is 161 Å². The number of rotatable bonds is 7. The first-order valence-electron chi connectivity index (χ1n) is 10.8. The third kappa shape index (κ3) is 4.40. The first kappa shape index (κ1) is 19.2. The van der Waals surface area contributed by atoms with E-state index in [1.54, 1.807) is 0 Å². The van der Waals surface area contributed by atoms with E-state index in [0.29, 0.717) is 0 Å². The highest BCUT2D eigenvalue weighted by atomic mass is 14.4. The molecular weight excluding hydrogens is 312 g/mol. The zero-order valence-corrected chi connectivity index (χ0v) is 17.1. The van der Waals surface area contributed by atoms with Crippen LogP contribution < -0.4 is 0 Å². The van der Waals surface area contributed by atoms with Gasteiger partial charge in [0.1, 0.15) is 0 Å². The van der Waals surface area contributed by atoms with Crippen LogP contribution in [0.15, 0.2) is 48.5 Å². The molecule has 26 heavy (non-hydrogen) atoms. The molecule has 0 bridgehead atoms. The van der Waals surface area contributed by atoms with Crippen LogP contribution in [0.5, 0.6) is 0 Å². The monoisotopic (exact) mass is 348 g/mol. The van der Waals surface area contributed by atoms with Crippen molar-refractivity contribution in [2.45, 2.75) is 84.0 Å². The van der Waals surface area contributed by atoms with E-state index in [0.717, 1.165) is 5.92 Å². The highest BCUT2D eigenvalue weighted by molar-refractivity contribution is 5.42. The minimum absolute atomic E-state index is 0.220. The normalized spacial score (nSPS) is 17.3. The van der Waals surface area contributed by atoms with Gasteiger partial charge < -0.3 is 0 Å². The van der Waals surface area contributed by atoms with E-state index in [1.807, 2.05) is 0 Å².